The van der Waals surface area contributed by atoms with E-state index in [4.69, 9.17) is 4.74 Å². The molecule has 112 valence electrons. The van der Waals surface area contributed by atoms with Crippen LogP contribution in [0.25, 0.3) is 0 Å². The van der Waals surface area contributed by atoms with Crippen molar-refractivity contribution in [3.8, 4) is 5.75 Å². The third-order valence-corrected chi connectivity index (χ3v) is 3.24. The van der Waals surface area contributed by atoms with Gasteiger partial charge < -0.3 is 9.84 Å². The van der Waals surface area contributed by atoms with Crippen molar-refractivity contribution >= 4 is 0 Å². The topological polar surface area (TPSA) is 29.5 Å². The second-order valence-corrected chi connectivity index (χ2v) is 5.37. The molecule has 0 saturated heterocycles. The highest BCUT2D eigenvalue weighted by molar-refractivity contribution is 5.40. The van der Waals surface area contributed by atoms with Crippen molar-refractivity contribution in [2.45, 2.75) is 32.5 Å². The number of halogens is 2. The Kier molecular flexibility index (Phi) is 4.28. The lowest BCUT2D eigenvalue weighted by Gasteiger charge is -2.25. The minimum Gasteiger partial charge on any atom is -0.491 e. The van der Waals surface area contributed by atoms with Crippen molar-refractivity contribution in [2.24, 2.45) is 0 Å². The zero-order chi connectivity index (χ0) is 15.6. The van der Waals surface area contributed by atoms with E-state index >= 15 is 0 Å². The van der Waals surface area contributed by atoms with Gasteiger partial charge in [-0.15, -0.1) is 0 Å². The first-order valence-electron chi connectivity index (χ1n) is 6.76. The molecule has 0 fully saturated rings. The minimum atomic E-state index is -1.65. The lowest BCUT2D eigenvalue weighted by atomic mass is 9.87. The summed E-state index contributed by atoms with van der Waals surface area (Å²) >= 11 is 0. The number of hydrogen-bond donors (Lipinski definition) is 1. The molecular formula is C17H18F2O2. The van der Waals surface area contributed by atoms with Crippen LogP contribution in [0.5, 0.6) is 5.75 Å². The highest BCUT2D eigenvalue weighted by atomic mass is 19.2. The molecule has 0 aliphatic carbocycles. The van der Waals surface area contributed by atoms with Gasteiger partial charge in [0.15, 0.2) is 11.6 Å². The van der Waals surface area contributed by atoms with Crippen LogP contribution in [0.15, 0.2) is 42.5 Å². The summed E-state index contributed by atoms with van der Waals surface area (Å²) in [5.74, 6) is -1.46. The lowest BCUT2D eigenvalue weighted by Crippen LogP contribution is -2.25. The van der Waals surface area contributed by atoms with E-state index in [1.807, 2.05) is 13.8 Å². The Morgan fingerprint density at radius 1 is 1.10 bits per heavy atom. The SMILES string of the molecule is CC(C)Oc1cccc(C(C)(O)c2cccc(F)c2F)c1. The molecule has 0 saturated carbocycles. The molecule has 2 aromatic carbocycles. The molecule has 0 spiro atoms. The van der Waals surface area contributed by atoms with E-state index in [-0.39, 0.29) is 11.7 Å². The molecule has 0 aliphatic heterocycles. The van der Waals surface area contributed by atoms with Gasteiger partial charge in [0.2, 0.25) is 0 Å². The zero-order valence-electron chi connectivity index (χ0n) is 12.2. The molecule has 0 aromatic heterocycles. The van der Waals surface area contributed by atoms with Gasteiger partial charge in [-0.05, 0) is 44.5 Å². The van der Waals surface area contributed by atoms with Gasteiger partial charge in [0, 0.05) is 5.56 Å². The molecule has 0 heterocycles. The first-order chi connectivity index (χ1) is 9.82. The van der Waals surface area contributed by atoms with Crippen LogP contribution < -0.4 is 4.74 Å². The number of aliphatic hydroxyl groups is 1. The second kappa shape index (κ2) is 5.82. The van der Waals surface area contributed by atoms with Crippen molar-refractivity contribution in [1.82, 2.24) is 0 Å². The Labute approximate surface area is 123 Å². The van der Waals surface area contributed by atoms with Crippen LogP contribution in [0.3, 0.4) is 0 Å². The maximum Gasteiger partial charge on any atom is 0.165 e. The van der Waals surface area contributed by atoms with Crippen LogP contribution in [-0.4, -0.2) is 11.2 Å². The fraction of sp³-hybridized carbons (Fsp3) is 0.294. The van der Waals surface area contributed by atoms with Gasteiger partial charge in [0.1, 0.15) is 11.4 Å². The molecule has 0 amide bonds. The largest absolute Gasteiger partial charge is 0.491 e. The Bertz CT molecular complexity index is 636. The van der Waals surface area contributed by atoms with E-state index in [1.165, 1.54) is 19.1 Å². The monoisotopic (exact) mass is 292 g/mol. The fourth-order valence-electron chi connectivity index (χ4n) is 2.18. The Morgan fingerprint density at radius 3 is 2.43 bits per heavy atom. The summed E-state index contributed by atoms with van der Waals surface area (Å²) in [5, 5.41) is 10.7. The van der Waals surface area contributed by atoms with Crippen LogP contribution in [0.4, 0.5) is 8.78 Å². The highest BCUT2D eigenvalue weighted by Crippen LogP contribution is 2.33. The van der Waals surface area contributed by atoms with E-state index < -0.39 is 17.2 Å². The molecule has 1 atom stereocenters. The van der Waals surface area contributed by atoms with Crippen LogP contribution in [0, 0.1) is 11.6 Å². The first kappa shape index (κ1) is 15.4. The molecule has 2 aromatic rings. The molecule has 2 nitrogen and oxygen atoms in total. The summed E-state index contributed by atoms with van der Waals surface area (Å²) in [7, 11) is 0. The van der Waals surface area contributed by atoms with Crippen LogP contribution >= 0.6 is 0 Å². The van der Waals surface area contributed by atoms with E-state index in [1.54, 1.807) is 24.3 Å². The van der Waals surface area contributed by atoms with E-state index in [2.05, 4.69) is 0 Å². The van der Waals surface area contributed by atoms with Gasteiger partial charge in [-0.2, -0.15) is 0 Å². The standard InChI is InChI=1S/C17H18F2O2/c1-11(2)21-13-7-4-6-12(10-13)17(3,20)14-8-5-9-15(18)16(14)19/h4-11,20H,1-3H3. The van der Waals surface area contributed by atoms with Crippen molar-refractivity contribution in [2.75, 3.05) is 0 Å². The summed E-state index contributed by atoms with van der Waals surface area (Å²) < 4.78 is 32.9. The van der Waals surface area contributed by atoms with E-state index in [0.29, 0.717) is 11.3 Å². The predicted octanol–water partition coefficient (Wildman–Crippen LogP) is 4.01. The molecule has 1 N–H and O–H groups in total. The highest BCUT2D eigenvalue weighted by Gasteiger charge is 2.30. The molecule has 2 rings (SSSR count). The van der Waals surface area contributed by atoms with Gasteiger partial charge in [0.05, 0.1) is 6.10 Å². The van der Waals surface area contributed by atoms with Crippen molar-refractivity contribution in [3.05, 3.63) is 65.2 Å². The van der Waals surface area contributed by atoms with Crippen LogP contribution in [-0.2, 0) is 5.60 Å². The average Bonchev–Trinajstić information content (AvgIpc) is 2.41. The van der Waals surface area contributed by atoms with E-state index in [0.717, 1.165) is 6.07 Å². The minimum absolute atomic E-state index is 0.0175. The maximum absolute atomic E-state index is 13.9. The lowest BCUT2D eigenvalue weighted by molar-refractivity contribution is 0.0964. The molecule has 21 heavy (non-hydrogen) atoms. The summed E-state index contributed by atoms with van der Waals surface area (Å²) in [6.45, 7) is 5.20. The smallest absolute Gasteiger partial charge is 0.165 e. The van der Waals surface area contributed by atoms with Crippen molar-refractivity contribution in [1.29, 1.82) is 0 Å². The Hall–Kier alpha value is -1.94. The number of rotatable bonds is 4. The molecule has 4 heteroatoms. The van der Waals surface area contributed by atoms with Gasteiger partial charge in [-0.3, -0.25) is 0 Å². The molecular weight excluding hydrogens is 274 g/mol. The van der Waals surface area contributed by atoms with Gasteiger partial charge in [-0.25, -0.2) is 8.78 Å². The van der Waals surface area contributed by atoms with Gasteiger partial charge in [-0.1, -0.05) is 24.3 Å². The predicted molar refractivity (Wildman–Crippen MR) is 77.2 cm³/mol. The number of hydrogen-bond acceptors (Lipinski definition) is 2. The fourth-order valence-corrected chi connectivity index (χ4v) is 2.18. The number of ether oxygens (including phenoxy) is 1. The zero-order valence-corrected chi connectivity index (χ0v) is 12.2. The number of benzene rings is 2. The normalized spacial score (nSPS) is 14.0. The second-order valence-electron chi connectivity index (χ2n) is 5.37. The van der Waals surface area contributed by atoms with Crippen LogP contribution in [0.1, 0.15) is 31.9 Å². The molecule has 1 unspecified atom stereocenters. The van der Waals surface area contributed by atoms with Gasteiger partial charge >= 0.3 is 0 Å². The maximum atomic E-state index is 13.9. The third-order valence-electron chi connectivity index (χ3n) is 3.24. The molecule has 0 aliphatic rings. The van der Waals surface area contributed by atoms with Gasteiger partial charge in [0.25, 0.3) is 0 Å². The summed E-state index contributed by atoms with van der Waals surface area (Å²) in [5.41, 5.74) is -1.32. The first-order valence-corrected chi connectivity index (χ1v) is 6.76. The summed E-state index contributed by atoms with van der Waals surface area (Å²) in [6, 6.07) is 10.5. The summed E-state index contributed by atoms with van der Waals surface area (Å²) in [6.07, 6.45) is -0.0175. The molecule has 0 bridgehead atoms. The molecule has 0 radical (unpaired) electrons. The summed E-state index contributed by atoms with van der Waals surface area (Å²) in [4.78, 5) is 0. The van der Waals surface area contributed by atoms with Crippen LogP contribution in [0.2, 0.25) is 0 Å². The Balaban J connectivity index is 2.46. The quantitative estimate of drug-likeness (QED) is 0.922. The van der Waals surface area contributed by atoms with Crippen molar-refractivity contribution < 1.29 is 18.6 Å². The Morgan fingerprint density at radius 2 is 1.76 bits per heavy atom. The third kappa shape index (κ3) is 3.22. The average molecular weight is 292 g/mol. The van der Waals surface area contributed by atoms with E-state index in [9.17, 15) is 13.9 Å². The van der Waals surface area contributed by atoms with Crippen molar-refractivity contribution in [3.63, 3.8) is 0 Å².